The molecule has 2 heterocycles. The van der Waals surface area contributed by atoms with Crippen molar-refractivity contribution < 1.29 is 4.79 Å². The van der Waals surface area contributed by atoms with Crippen LogP contribution in [0.4, 0.5) is 0 Å². The zero-order chi connectivity index (χ0) is 19.7. The van der Waals surface area contributed by atoms with Gasteiger partial charge in [0.25, 0.3) is 0 Å². The fraction of sp³-hybridized carbons (Fsp3) is 0.429. The fourth-order valence-corrected chi connectivity index (χ4v) is 4.45. The first-order valence-electron chi connectivity index (χ1n) is 9.68. The zero-order valence-corrected chi connectivity index (χ0v) is 17.3. The average Bonchev–Trinajstić information content (AvgIpc) is 3.45. The molecule has 0 radical (unpaired) electrons. The molecule has 0 spiro atoms. The normalized spacial score (nSPS) is 15.0. The van der Waals surface area contributed by atoms with Crippen LogP contribution in [0.15, 0.2) is 41.6 Å². The minimum absolute atomic E-state index is 0.141. The first-order chi connectivity index (χ1) is 13.5. The van der Waals surface area contributed by atoms with E-state index < -0.39 is 0 Å². The highest BCUT2D eigenvalue weighted by Crippen LogP contribution is 2.36. The van der Waals surface area contributed by atoms with Crippen LogP contribution in [0, 0.1) is 19.8 Å². The molecule has 146 valence electrons. The van der Waals surface area contributed by atoms with Gasteiger partial charge in [-0.1, -0.05) is 42.1 Å². The van der Waals surface area contributed by atoms with Crippen LogP contribution in [0.3, 0.4) is 0 Å². The predicted molar refractivity (Wildman–Crippen MR) is 110 cm³/mol. The van der Waals surface area contributed by atoms with E-state index in [4.69, 9.17) is 0 Å². The Kier molecular flexibility index (Phi) is 5.35. The van der Waals surface area contributed by atoms with Gasteiger partial charge in [0, 0.05) is 24.3 Å². The third-order valence-corrected chi connectivity index (χ3v) is 6.21. The molecule has 1 fully saturated rings. The number of thioether (sulfide) groups is 1. The van der Waals surface area contributed by atoms with Crippen LogP contribution in [0.25, 0.3) is 5.65 Å². The second-order valence-corrected chi connectivity index (χ2v) is 8.44. The summed E-state index contributed by atoms with van der Waals surface area (Å²) in [5.74, 6) is 1.95. The minimum Gasteiger partial charge on any atom is -0.335 e. The fourth-order valence-electron chi connectivity index (χ4n) is 3.58. The molecule has 1 aliphatic rings. The van der Waals surface area contributed by atoms with Crippen molar-refractivity contribution in [1.29, 1.82) is 0 Å². The third kappa shape index (κ3) is 4.04. The molecular formula is C21H25N5OS. The predicted octanol–water partition coefficient (Wildman–Crippen LogP) is 3.66. The van der Waals surface area contributed by atoms with Crippen molar-refractivity contribution in [3.05, 3.63) is 53.5 Å². The molecule has 1 aliphatic carbocycles. The number of fused-ring (bicyclic) bond motifs is 1. The largest absolute Gasteiger partial charge is 0.335 e. The van der Waals surface area contributed by atoms with Gasteiger partial charge in [-0.25, -0.2) is 4.98 Å². The summed E-state index contributed by atoms with van der Waals surface area (Å²) in [6, 6.07) is 12.4. The molecule has 3 aromatic rings. The summed E-state index contributed by atoms with van der Waals surface area (Å²) >= 11 is 1.43. The van der Waals surface area contributed by atoms with Gasteiger partial charge >= 0.3 is 0 Å². The molecule has 0 saturated heterocycles. The molecule has 1 amide bonds. The lowest BCUT2D eigenvalue weighted by molar-refractivity contribution is -0.131. The molecule has 0 N–H and O–H groups in total. The Morgan fingerprint density at radius 2 is 2.00 bits per heavy atom. The standard InChI is InChI=1S/C21H25N5OS/c1-14-11-19-23-24-21(26(19)16(3)22-14)28-13-20(27)25(15(2)18-9-10-18)12-17-7-5-4-6-8-17/h4-8,11,15,18H,9-10,12-13H2,1-3H3. The summed E-state index contributed by atoms with van der Waals surface area (Å²) in [7, 11) is 0. The average molecular weight is 396 g/mol. The Bertz CT molecular complexity index is 983. The number of nitrogens with zero attached hydrogens (tertiary/aromatic N) is 5. The lowest BCUT2D eigenvalue weighted by atomic mass is 10.1. The third-order valence-electron chi connectivity index (χ3n) is 5.29. The minimum atomic E-state index is 0.141. The number of rotatable bonds is 7. The van der Waals surface area contributed by atoms with Crippen molar-refractivity contribution in [2.75, 3.05) is 5.75 Å². The van der Waals surface area contributed by atoms with Crippen molar-refractivity contribution in [3.63, 3.8) is 0 Å². The van der Waals surface area contributed by atoms with Gasteiger partial charge in [-0.2, -0.15) is 0 Å². The number of hydrogen-bond acceptors (Lipinski definition) is 5. The summed E-state index contributed by atoms with van der Waals surface area (Å²) in [5, 5.41) is 9.22. The number of hydrogen-bond donors (Lipinski definition) is 0. The molecule has 1 atom stereocenters. The van der Waals surface area contributed by atoms with Crippen LogP contribution in [0.1, 0.15) is 36.8 Å². The van der Waals surface area contributed by atoms with E-state index in [0.717, 1.165) is 22.7 Å². The van der Waals surface area contributed by atoms with Crippen LogP contribution in [0.2, 0.25) is 0 Å². The molecular weight excluding hydrogens is 370 g/mol. The Morgan fingerprint density at radius 1 is 1.25 bits per heavy atom. The Morgan fingerprint density at radius 3 is 2.71 bits per heavy atom. The zero-order valence-electron chi connectivity index (χ0n) is 16.5. The lowest BCUT2D eigenvalue weighted by Crippen LogP contribution is -2.40. The monoisotopic (exact) mass is 395 g/mol. The van der Waals surface area contributed by atoms with Crippen LogP contribution >= 0.6 is 11.8 Å². The number of amides is 1. The van der Waals surface area contributed by atoms with Gasteiger partial charge in [0.05, 0.1) is 5.75 Å². The quantitative estimate of drug-likeness (QED) is 0.571. The van der Waals surface area contributed by atoms with Crippen molar-refractivity contribution in [2.45, 2.75) is 51.4 Å². The second-order valence-electron chi connectivity index (χ2n) is 7.49. The highest BCUT2D eigenvalue weighted by Gasteiger charge is 2.34. The summed E-state index contributed by atoms with van der Waals surface area (Å²) in [5.41, 5.74) is 2.85. The van der Waals surface area contributed by atoms with Gasteiger partial charge in [0.15, 0.2) is 10.8 Å². The number of aryl methyl sites for hydroxylation is 2. The van der Waals surface area contributed by atoms with Crippen molar-refractivity contribution in [2.24, 2.45) is 5.92 Å². The molecule has 7 heteroatoms. The Hall–Kier alpha value is -2.41. The number of benzene rings is 1. The van der Waals surface area contributed by atoms with Gasteiger partial charge in [-0.05, 0) is 45.1 Å². The molecule has 0 bridgehead atoms. The molecule has 28 heavy (non-hydrogen) atoms. The molecule has 0 aliphatic heterocycles. The molecule has 1 saturated carbocycles. The van der Waals surface area contributed by atoms with Crippen LogP contribution in [0.5, 0.6) is 0 Å². The smallest absolute Gasteiger partial charge is 0.233 e. The van der Waals surface area contributed by atoms with Crippen molar-refractivity contribution >= 4 is 23.3 Å². The Balaban J connectivity index is 1.50. The highest BCUT2D eigenvalue weighted by molar-refractivity contribution is 7.99. The summed E-state index contributed by atoms with van der Waals surface area (Å²) in [6.07, 6.45) is 2.43. The van der Waals surface area contributed by atoms with E-state index in [9.17, 15) is 4.79 Å². The van der Waals surface area contributed by atoms with Crippen molar-refractivity contribution in [1.82, 2.24) is 24.5 Å². The number of carbonyl (C=O) groups is 1. The maximum absolute atomic E-state index is 13.1. The second kappa shape index (κ2) is 7.91. The van der Waals surface area contributed by atoms with E-state index in [1.54, 1.807) is 0 Å². The van der Waals surface area contributed by atoms with Gasteiger partial charge in [-0.15, -0.1) is 10.2 Å². The highest BCUT2D eigenvalue weighted by atomic mass is 32.2. The van der Waals surface area contributed by atoms with Crippen LogP contribution in [-0.2, 0) is 11.3 Å². The van der Waals surface area contributed by atoms with Gasteiger partial charge in [0.2, 0.25) is 5.91 Å². The summed E-state index contributed by atoms with van der Waals surface area (Å²) in [4.78, 5) is 19.6. The molecule has 6 nitrogen and oxygen atoms in total. The van der Waals surface area contributed by atoms with Gasteiger partial charge in [0.1, 0.15) is 5.82 Å². The number of carbonyl (C=O) groups excluding carboxylic acids is 1. The van der Waals surface area contributed by atoms with Gasteiger partial charge in [-0.3, -0.25) is 9.20 Å². The van der Waals surface area contributed by atoms with Crippen LogP contribution < -0.4 is 0 Å². The number of aromatic nitrogens is 4. The summed E-state index contributed by atoms with van der Waals surface area (Å²) < 4.78 is 1.91. The van der Waals surface area contributed by atoms with Crippen molar-refractivity contribution in [3.8, 4) is 0 Å². The van der Waals surface area contributed by atoms with E-state index in [1.807, 2.05) is 47.4 Å². The van der Waals surface area contributed by atoms with E-state index in [1.165, 1.54) is 24.6 Å². The first-order valence-corrected chi connectivity index (χ1v) is 10.7. The summed E-state index contributed by atoms with van der Waals surface area (Å²) in [6.45, 7) is 6.70. The maximum Gasteiger partial charge on any atom is 0.233 e. The van der Waals surface area contributed by atoms with Crippen LogP contribution in [-0.4, -0.2) is 42.2 Å². The maximum atomic E-state index is 13.1. The SMILES string of the molecule is Cc1cc2nnc(SCC(=O)N(Cc3ccccc3)C(C)C3CC3)n2c(C)n1. The van der Waals surface area contributed by atoms with E-state index >= 15 is 0 Å². The first kappa shape index (κ1) is 18.9. The topological polar surface area (TPSA) is 63.4 Å². The van der Waals surface area contributed by atoms with E-state index in [-0.39, 0.29) is 11.9 Å². The van der Waals surface area contributed by atoms with E-state index in [0.29, 0.717) is 23.4 Å². The molecule has 1 unspecified atom stereocenters. The molecule has 4 rings (SSSR count). The van der Waals surface area contributed by atoms with E-state index in [2.05, 4.69) is 34.2 Å². The Labute approximate surface area is 169 Å². The lowest BCUT2D eigenvalue weighted by Gasteiger charge is -2.29. The van der Waals surface area contributed by atoms with Gasteiger partial charge < -0.3 is 4.90 Å². The molecule has 1 aromatic carbocycles. The molecule has 2 aromatic heterocycles.